The Morgan fingerprint density at radius 3 is 2.18 bits per heavy atom. The number of hydrogen-bond donors (Lipinski definition) is 3. The molecule has 0 radical (unpaired) electrons. The smallest absolute Gasteiger partial charge is 0.266 e. The quantitative estimate of drug-likeness (QED) is 0.155. The van der Waals surface area contributed by atoms with Crippen molar-refractivity contribution in [3.63, 3.8) is 0 Å². The van der Waals surface area contributed by atoms with Crippen molar-refractivity contribution >= 4 is 61.9 Å². The summed E-state index contributed by atoms with van der Waals surface area (Å²) in [6.45, 7) is 0. The Kier molecular flexibility index (Phi) is 5.84. The third kappa shape index (κ3) is 4.55. The molecule has 0 aliphatic heterocycles. The fourth-order valence-corrected chi connectivity index (χ4v) is 4.04. The van der Waals surface area contributed by atoms with Gasteiger partial charge in [-0.05, 0) is 42.5 Å². The summed E-state index contributed by atoms with van der Waals surface area (Å²) in [5.41, 5.74) is 11.1. The van der Waals surface area contributed by atoms with Gasteiger partial charge in [0.2, 0.25) is 0 Å². The van der Waals surface area contributed by atoms with Crippen LogP contribution in [0.2, 0.25) is 0 Å². The van der Waals surface area contributed by atoms with Crippen LogP contribution in [-0.2, 0) is 0 Å². The molecule has 4 aromatic carbocycles. The molecule has 0 saturated carbocycles. The molecule has 0 aliphatic carbocycles. The van der Waals surface area contributed by atoms with Gasteiger partial charge in [0.15, 0.2) is 0 Å². The van der Waals surface area contributed by atoms with Crippen LogP contribution >= 0.6 is 12.2 Å². The van der Waals surface area contributed by atoms with Crippen LogP contribution in [0.15, 0.2) is 91.0 Å². The van der Waals surface area contributed by atoms with E-state index in [4.69, 9.17) is 32.4 Å². The summed E-state index contributed by atoms with van der Waals surface area (Å²) in [7, 11) is 1.62. The van der Waals surface area contributed by atoms with E-state index in [2.05, 4.69) is 10.6 Å². The van der Waals surface area contributed by atoms with Crippen molar-refractivity contribution in [3.8, 4) is 11.5 Å². The van der Waals surface area contributed by atoms with Gasteiger partial charge in [0, 0.05) is 46.0 Å². The zero-order valence-corrected chi connectivity index (χ0v) is 19.2. The van der Waals surface area contributed by atoms with E-state index in [0.717, 1.165) is 44.6 Å². The van der Waals surface area contributed by atoms with E-state index < -0.39 is 0 Å². The first-order chi connectivity index (χ1) is 16.6. The number of thiocarbonyl (C=S) groups is 1. The Morgan fingerprint density at radius 1 is 0.794 bits per heavy atom. The molecule has 0 fully saturated rings. The zero-order valence-electron chi connectivity index (χ0n) is 18.4. The van der Waals surface area contributed by atoms with Gasteiger partial charge >= 0.3 is 0 Å². The first-order valence-corrected chi connectivity index (χ1v) is 11.1. The normalized spacial score (nSPS) is 10.7. The summed E-state index contributed by atoms with van der Waals surface area (Å²) < 4.78 is 11.1. The van der Waals surface area contributed by atoms with Gasteiger partial charge in [0.1, 0.15) is 11.5 Å². The van der Waals surface area contributed by atoms with Crippen molar-refractivity contribution in [1.82, 2.24) is 4.98 Å². The second-order valence-corrected chi connectivity index (χ2v) is 8.05. The number of hydrogen-bond acceptors (Lipinski definition) is 6. The number of benzene rings is 4. The van der Waals surface area contributed by atoms with E-state index in [0.29, 0.717) is 11.4 Å². The SMILES string of the molecule is COc1cccc(NC(=S)Oc2cc(N)cc(Nc3c4ccccc4nc4ccccc34)c2)c1. The lowest BCUT2D eigenvalue weighted by molar-refractivity contribution is 0.415. The predicted molar refractivity (Wildman–Crippen MR) is 143 cm³/mol. The van der Waals surface area contributed by atoms with Crippen molar-refractivity contribution in [3.05, 3.63) is 91.0 Å². The molecule has 1 heterocycles. The maximum absolute atomic E-state index is 6.19. The molecule has 0 unspecified atom stereocenters. The topological polar surface area (TPSA) is 81.4 Å². The lowest BCUT2D eigenvalue weighted by Gasteiger charge is -2.15. The highest BCUT2D eigenvalue weighted by Gasteiger charge is 2.11. The Bertz CT molecular complexity index is 1470. The molecule has 34 heavy (non-hydrogen) atoms. The molecule has 0 bridgehead atoms. The van der Waals surface area contributed by atoms with E-state index in [1.807, 2.05) is 84.9 Å². The molecule has 168 valence electrons. The minimum absolute atomic E-state index is 0.199. The summed E-state index contributed by atoms with van der Waals surface area (Å²) >= 11 is 5.40. The van der Waals surface area contributed by atoms with Gasteiger partial charge in [-0.15, -0.1) is 0 Å². The fourth-order valence-electron chi connectivity index (χ4n) is 3.82. The second-order valence-electron chi connectivity index (χ2n) is 7.68. The number of nitrogens with zero attached hydrogens (tertiary/aromatic N) is 1. The molecule has 0 aliphatic rings. The number of aromatic nitrogens is 1. The van der Waals surface area contributed by atoms with Crippen LogP contribution in [0.5, 0.6) is 11.5 Å². The number of nitrogens with one attached hydrogen (secondary N) is 2. The van der Waals surface area contributed by atoms with Crippen molar-refractivity contribution in [2.45, 2.75) is 0 Å². The van der Waals surface area contributed by atoms with Gasteiger partial charge in [0.05, 0.1) is 23.8 Å². The maximum Gasteiger partial charge on any atom is 0.266 e. The Morgan fingerprint density at radius 2 is 1.47 bits per heavy atom. The minimum Gasteiger partial charge on any atom is -0.497 e. The lowest BCUT2D eigenvalue weighted by atomic mass is 10.1. The van der Waals surface area contributed by atoms with E-state index in [1.54, 1.807) is 13.2 Å². The average molecular weight is 467 g/mol. The molecule has 4 N–H and O–H groups in total. The molecule has 0 saturated heterocycles. The number of fused-ring (bicyclic) bond motifs is 2. The molecule has 6 nitrogen and oxygen atoms in total. The Labute approximate surface area is 202 Å². The summed E-state index contributed by atoms with van der Waals surface area (Å²) in [6, 6.07) is 29.0. The van der Waals surface area contributed by atoms with E-state index >= 15 is 0 Å². The minimum atomic E-state index is 0.199. The monoisotopic (exact) mass is 466 g/mol. The highest BCUT2D eigenvalue weighted by molar-refractivity contribution is 7.80. The van der Waals surface area contributed by atoms with Crippen molar-refractivity contribution < 1.29 is 9.47 Å². The van der Waals surface area contributed by atoms with Crippen LogP contribution < -0.4 is 25.8 Å². The Balaban J connectivity index is 1.44. The molecule has 5 rings (SSSR count). The molecule has 0 spiro atoms. The van der Waals surface area contributed by atoms with Gasteiger partial charge in [-0.3, -0.25) is 0 Å². The van der Waals surface area contributed by atoms with Crippen LogP contribution in [0, 0.1) is 0 Å². The summed E-state index contributed by atoms with van der Waals surface area (Å²) in [5.74, 6) is 1.24. The Hall–Kier alpha value is -4.36. The lowest BCUT2D eigenvalue weighted by Crippen LogP contribution is -2.16. The summed E-state index contributed by atoms with van der Waals surface area (Å²) in [4.78, 5) is 4.78. The molecule has 0 amide bonds. The molecule has 1 aromatic heterocycles. The number of nitrogens with two attached hydrogens (primary N) is 1. The largest absolute Gasteiger partial charge is 0.497 e. The maximum atomic E-state index is 6.19. The molecular weight excluding hydrogens is 444 g/mol. The molecule has 0 atom stereocenters. The van der Waals surface area contributed by atoms with Crippen LogP contribution in [0.1, 0.15) is 0 Å². The summed E-state index contributed by atoms with van der Waals surface area (Å²) in [6.07, 6.45) is 0. The predicted octanol–water partition coefficient (Wildman–Crippen LogP) is 6.50. The molecule has 5 aromatic rings. The number of ether oxygens (including phenoxy) is 2. The second kappa shape index (κ2) is 9.25. The summed E-state index contributed by atoms with van der Waals surface area (Å²) in [5, 5.41) is 8.82. The van der Waals surface area contributed by atoms with E-state index in [9.17, 15) is 0 Å². The standard InChI is InChI=1S/C27H22N4O2S/c1-32-20-8-6-7-18(15-20)30-27(34)33-21-14-17(28)13-19(16-21)29-26-22-9-2-4-11-24(22)31-25-12-5-3-10-23(25)26/h2-16H,28H2,1H3,(H,29,31)(H,30,34). The zero-order chi connectivity index (χ0) is 23.5. The van der Waals surface area contributed by atoms with Crippen molar-refractivity contribution in [2.24, 2.45) is 0 Å². The number of anilines is 4. The highest BCUT2D eigenvalue weighted by Crippen LogP contribution is 2.34. The van der Waals surface area contributed by atoms with Gasteiger partial charge < -0.3 is 25.8 Å². The number of para-hydroxylation sites is 2. The number of pyridine rings is 1. The fraction of sp³-hybridized carbons (Fsp3) is 0.0370. The van der Waals surface area contributed by atoms with Crippen LogP contribution in [0.3, 0.4) is 0 Å². The number of methoxy groups -OCH3 is 1. The van der Waals surface area contributed by atoms with Gasteiger partial charge in [-0.2, -0.15) is 0 Å². The highest BCUT2D eigenvalue weighted by atomic mass is 32.1. The molecule has 7 heteroatoms. The van der Waals surface area contributed by atoms with Gasteiger partial charge in [-0.25, -0.2) is 4.98 Å². The average Bonchev–Trinajstić information content (AvgIpc) is 2.83. The third-order valence-corrected chi connectivity index (χ3v) is 5.50. The van der Waals surface area contributed by atoms with Gasteiger partial charge in [-0.1, -0.05) is 42.5 Å². The van der Waals surface area contributed by atoms with Crippen LogP contribution in [-0.4, -0.2) is 17.3 Å². The van der Waals surface area contributed by atoms with Gasteiger partial charge in [0.25, 0.3) is 5.17 Å². The molecular formula is C27H22N4O2S. The first kappa shape index (κ1) is 21.5. The van der Waals surface area contributed by atoms with E-state index in [-0.39, 0.29) is 5.17 Å². The number of nitrogen functional groups attached to an aromatic ring is 1. The third-order valence-electron chi connectivity index (χ3n) is 5.31. The van der Waals surface area contributed by atoms with E-state index in [1.165, 1.54) is 0 Å². The van der Waals surface area contributed by atoms with Crippen molar-refractivity contribution in [1.29, 1.82) is 0 Å². The number of rotatable bonds is 5. The van der Waals surface area contributed by atoms with Crippen LogP contribution in [0.4, 0.5) is 22.7 Å². The van der Waals surface area contributed by atoms with Crippen LogP contribution in [0.25, 0.3) is 21.8 Å². The first-order valence-electron chi connectivity index (χ1n) is 10.7. The van der Waals surface area contributed by atoms with Crippen molar-refractivity contribution in [2.75, 3.05) is 23.5 Å².